The van der Waals surface area contributed by atoms with Crippen molar-refractivity contribution in [3.05, 3.63) is 69.5 Å². The third kappa shape index (κ3) is 5.79. The number of carbonyl (C=O) groups is 1. The molecule has 0 amide bonds. The van der Waals surface area contributed by atoms with Gasteiger partial charge in [-0.25, -0.2) is 9.18 Å². The van der Waals surface area contributed by atoms with Gasteiger partial charge >= 0.3 is 12.3 Å². The fourth-order valence-electron chi connectivity index (χ4n) is 3.61. The lowest BCUT2D eigenvalue weighted by molar-refractivity contribution is -0.275. The molecular weight excluding hydrogens is 475 g/mol. The molecule has 0 radical (unpaired) electrons. The van der Waals surface area contributed by atoms with Crippen molar-refractivity contribution in [1.29, 1.82) is 0 Å². The molecule has 0 aliphatic carbocycles. The second kappa shape index (κ2) is 10.4. The van der Waals surface area contributed by atoms with E-state index in [1.54, 1.807) is 24.3 Å². The van der Waals surface area contributed by atoms with Crippen LogP contribution in [-0.4, -0.2) is 34.9 Å². The lowest BCUT2D eigenvalue weighted by atomic mass is 10.1. The topological polar surface area (TPSA) is 60.8 Å². The summed E-state index contributed by atoms with van der Waals surface area (Å²) in [7, 11) is 0. The molecule has 6 nitrogen and oxygen atoms in total. The summed E-state index contributed by atoms with van der Waals surface area (Å²) >= 11 is 0. The van der Waals surface area contributed by atoms with Crippen LogP contribution in [0.25, 0.3) is 10.9 Å². The average Bonchev–Trinajstić information content (AvgIpc) is 2.81. The second-order valence-corrected chi connectivity index (χ2v) is 7.60. The van der Waals surface area contributed by atoms with Gasteiger partial charge in [0.25, 0.3) is 0 Å². The second-order valence-electron chi connectivity index (χ2n) is 7.60. The Balaban J connectivity index is 2.00. The summed E-state index contributed by atoms with van der Waals surface area (Å²) in [5, 5.41) is -0.658. The highest BCUT2D eigenvalue weighted by Gasteiger charge is 2.35. The van der Waals surface area contributed by atoms with Gasteiger partial charge in [-0.2, -0.15) is 4.39 Å². The number of esters is 1. The highest BCUT2D eigenvalue weighted by Crippen LogP contribution is 2.34. The largest absolute Gasteiger partial charge is 0.573 e. The van der Waals surface area contributed by atoms with E-state index in [1.165, 1.54) is 6.92 Å². The van der Waals surface area contributed by atoms with E-state index >= 15 is 0 Å². The van der Waals surface area contributed by atoms with Crippen LogP contribution in [0.15, 0.2) is 41.3 Å². The number of alkyl halides is 3. The van der Waals surface area contributed by atoms with Crippen molar-refractivity contribution in [3.63, 3.8) is 0 Å². The molecule has 3 aromatic rings. The molecule has 0 fully saturated rings. The fraction of sp³-hybridized carbons (Fsp3) is 0.333. The molecule has 0 bridgehead atoms. The minimum absolute atomic E-state index is 0.0869. The summed E-state index contributed by atoms with van der Waals surface area (Å²) in [6.07, 6.45) is -4.41. The lowest BCUT2D eigenvalue weighted by Gasteiger charge is -2.18. The van der Waals surface area contributed by atoms with Crippen LogP contribution in [0.5, 0.6) is 11.5 Å². The van der Waals surface area contributed by atoms with Crippen LogP contribution in [-0.2, 0) is 13.1 Å². The molecule has 1 aromatic heterocycles. The first-order valence-corrected chi connectivity index (χ1v) is 10.8. The molecule has 0 unspecified atom stereocenters. The Labute approximate surface area is 197 Å². The first kappa shape index (κ1) is 26.1. The SMILES string of the molecule is CCN(CC)Cc1ccc(OC(=O)c2cn(CC)c3c(OC(F)(F)F)c(F)c(F)cc3c2=O)cc1. The number of halogens is 5. The summed E-state index contributed by atoms with van der Waals surface area (Å²) < 4.78 is 76.7. The monoisotopic (exact) mass is 498 g/mol. The molecule has 188 valence electrons. The molecule has 2 aromatic carbocycles. The maximum Gasteiger partial charge on any atom is 0.573 e. The van der Waals surface area contributed by atoms with Gasteiger partial charge in [-0.15, -0.1) is 13.2 Å². The molecule has 1 heterocycles. The van der Waals surface area contributed by atoms with E-state index in [4.69, 9.17) is 4.74 Å². The van der Waals surface area contributed by atoms with Crippen molar-refractivity contribution in [3.8, 4) is 11.5 Å². The summed E-state index contributed by atoms with van der Waals surface area (Å²) in [5.74, 6) is -6.09. The molecule has 35 heavy (non-hydrogen) atoms. The predicted molar refractivity (Wildman–Crippen MR) is 119 cm³/mol. The molecule has 0 atom stereocenters. The van der Waals surface area contributed by atoms with Crippen LogP contribution < -0.4 is 14.9 Å². The van der Waals surface area contributed by atoms with E-state index < -0.39 is 51.6 Å². The molecule has 0 saturated heterocycles. The summed E-state index contributed by atoms with van der Waals surface area (Å²) in [6, 6.07) is 7.03. The molecule has 0 saturated carbocycles. The Morgan fingerprint density at radius 3 is 2.23 bits per heavy atom. The number of hydrogen-bond acceptors (Lipinski definition) is 5. The number of hydrogen-bond donors (Lipinski definition) is 0. The van der Waals surface area contributed by atoms with Crippen LogP contribution in [0.2, 0.25) is 0 Å². The van der Waals surface area contributed by atoms with Crippen LogP contribution in [0, 0.1) is 11.6 Å². The summed E-state index contributed by atoms with van der Waals surface area (Å²) in [4.78, 5) is 27.8. The maximum atomic E-state index is 14.2. The molecule has 11 heteroatoms. The number of carbonyl (C=O) groups excluding carboxylic acids is 1. The summed E-state index contributed by atoms with van der Waals surface area (Å²) in [6.45, 7) is 7.87. The van der Waals surface area contributed by atoms with E-state index in [0.717, 1.165) is 29.4 Å². The highest BCUT2D eigenvalue weighted by atomic mass is 19.4. The predicted octanol–water partition coefficient (Wildman–Crippen LogP) is 5.26. The number of nitrogens with zero attached hydrogens (tertiary/aromatic N) is 2. The lowest BCUT2D eigenvalue weighted by Crippen LogP contribution is -2.25. The third-order valence-electron chi connectivity index (χ3n) is 5.42. The third-order valence-corrected chi connectivity index (χ3v) is 5.42. The maximum absolute atomic E-state index is 14.2. The van der Waals surface area contributed by atoms with Crippen molar-refractivity contribution in [1.82, 2.24) is 9.47 Å². The highest BCUT2D eigenvalue weighted by molar-refractivity contribution is 5.96. The van der Waals surface area contributed by atoms with Gasteiger partial charge in [0.1, 0.15) is 11.3 Å². The average molecular weight is 498 g/mol. The number of benzene rings is 2. The minimum atomic E-state index is -5.34. The van der Waals surface area contributed by atoms with E-state index in [-0.39, 0.29) is 12.3 Å². The number of aromatic nitrogens is 1. The number of fused-ring (bicyclic) bond motifs is 1. The zero-order valence-electron chi connectivity index (χ0n) is 19.2. The summed E-state index contributed by atoms with van der Waals surface area (Å²) in [5.41, 5.74) is -1.34. The van der Waals surface area contributed by atoms with Gasteiger partial charge in [0.05, 0.1) is 10.9 Å². The normalized spacial score (nSPS) is 11.8. The van der Waals surface area contributed by atoms with E-state index in [0.29, 0.717) is 12.6 Å². The van der Waals surface area contributed by atoms with Crippen molar-refractivity contribution >= 4 is 16.9 Å². The standard InChI is InChI=1S/C24H23F5N2O4/c1-4-30(5-2)12-14-7-9-15(10-8-14)34-23(33)17-13-31(6-3)20-16(21(17)32)11-18(25)19(26)22(20)35-24(27,28)29/h7-11,13H,4-6,12H2,1-3H3. The number of aryl methyl sites for hydroxylation is 1. The zero-order valence-corrected chi connectivity index (χ0v) is 19.2. The Bertz CT molecular complexity index is 1280. The fourth-order valence-corrected chi connectivity index (χ4v) is 3.61. The smallest absolute Gasteiger partial charge is 0.423 e. The van der Waals surface area contributed by atoms with Crippen molar-refractivity contribution in [2.75, 3.05) is 13.1 Å². The van der Waals surface area contributed by atoms with Gasteiger partial charge in [0, 0.05) is 19.3 Å². The van der Waals surface area contributed by atoms with Gasteiger partial charge in [-0.3, -0.25) is 9.69 Å². The Kier molecular flexibility index (Phi) is 7.79. The van der Waals surface area contributed by atoms with Gasteiger partial charge in [0.15, 0.2) is 11.6 Å². The minimum Gasteiger partial charge on any atom is -0.423 e. The van der Waals surface area contributed by atoms with Crippen LogP contribution in [0.3, 0.4) is 0 Å². The first-order valence-electron chi connectivity index (χ1n) is 10.8. The van der Waals surface area contributed by atoms with E-state index in [2.05, 4.69) is 9.64 Å². The number of ether oxygens (including phenoxy) is 2. The molecule has 0 spiro atoms. The van der Waals surface area contributed by atoms with E-state index in [9.17, 15) is 31.5 Å². The Hall–Kier alpha value is -3.47. The van der Waals surface area contributed by atoms with Crippen LogP contribution >= 0.6 is 0 Å². The van der Waals surface area contributed by atoms with Gasteiger partial charge in [0.2, 0.25) is 11.2 Å². The molecule has 3 rings (SSSR count). The first-order chi connectivity index (χ1) is 16.5. The number of rotatable bonds is 8. The molecule has 0 aliphatic rings. The molecule has 0 N–H and O–H groups in total. The van der Waals surface area contributed by atoms with Crippen molar-refractivity contribution in [2.24, 2.45) is 0 Å². The Morgan fingerprint density at radius 2 is 1.69 bits per heavy atom. The van der Waals surface area contributed by atoms with Gasteiger partial charge in [-0.05, 0) is 43.8 Å². The van der Waals surface area contributed by atoms with Crippen LogP contribution in [0.1, 0.15) is 36.7 Å². The van der Waals surface area contributed by atoms with E-state index in [1.807, 2.05) is 13.8 Å². The molecule has 0 aliphatic heterocycles. The Morgan fingerprint density at radius 1 is 1.06 bits per heavy atom. The number of pyridine rings is 1. The van der Waals surface area contributed by atoms with Crippen molar-refractivity contribution < 1.29 is 36.2 Å². The zero-order chi connectivity index (χ0) is 25.9. The quantitative estimate of drug-likeness (QED) is 0.241. The molecular formula is C24H23F5N2O4. The van der Waals surface area contributed by atoms with Gasteiger partial charge < -0.3 is 14.0 Å². The van der Waals surface area contributed by atoms with Crippen LogP contribution in [0.4, 0.5) is 22.0 Å². The van der Waals surface area contributed by atoms with Crippen molar-refractivity contribution in [2.45, 2.75) is 40.2 Å². The van der Waals surface area contributed by atoms with Gasteiger partial charge in [-0.1, -0.05) is 26.0 Å².